The number of ketones is 1. The molecule has 1 aliphatic carbocycles. The van der Waals surface area contributed by atoms with Gasteiger partial charge in [0.2, 0.25) is 0 Å². The molecule has 1 fully saturated rings. The molecule has 3 N–H and O–H groups in total. The number of benzene rings is 1. The average molecular weight is 429 g/mol. The Balaban J connectivity index is 1.90. The number of nitrogens with zero attached hydrogens (tertiary/aromatic N) is 1. The Bertz CT molecular complexity index is 1060. The maximum atomic E-state index is 13.5. The molecule has 2 heterocycles. The number of aliphatic carboxylic acids is 1. The molecular formula is C22H21ClN2O5. The number of amides is 1. The Kier molecular flexibility index (Phi) is 5.15. The Labute approximate surface area is 178 Å². The molecule has 1 spiro atoms. The number of carboxylic acids is 1. The largest absolute Gasteiger partial charge is 0.505 e. The van der Waals surface area contributed by atoms with Crippen LogP contribution in [0.2, 0.25) is 5.02 Å². The van der Waals surface area contributed by atoms with E-state index in [9.17, 15) is 19.5 Å². The smallest absolute Gasteiger partial charge is 0.322 e. The summed E-state index contributed by atoms with van der Waals surface area (Å²) in [5.41, 5.74) is 0.509. The van der Waals surface area contributed by atoms with Crippen LogP contribution in [-0.4, -0.2) is 39.0 Å². The fourth-order valence-corrected chi connectivity index (χ4v) is 4.65. The van der Waals surface area contributed by atoms with Crippen LogP contribution in [-0.2, 0) is 19.9 Å². The second-order valence-electron chi connectivity index (χ2n) is 7.68. The highest BCUT2D eigenvalue weighted by molar-refractivity contribution is 6.30. The number of halogens is 1. The van der Waals surface area contributed by atoms with Crippen molar-refractivity contribution in [2.75, 3.05) is 6.54 Å². The molecule has 1 aromatic heterocycles. The maximum absolute atomic E-state index is 13.5. The highest BCUT2D eigenvalue weighted by atomic mass is 35.5. The summed E-state index contributed by atoms with van der Waals surface area (Å²) in [6, 6.07) is 8.88. The highest BCUT2D eigenvalue weighted by Crippen LogP contribution is 2.46. The van der Waals surface area contributed by atoms with Gasteiger partial charge in [-0.2, -0.15) is 0 Å². The molecule has 0 saturated heterocycles. The first kappa shape index (κ1) is 20.2. The Morgan fingerprint density at radius 1 is 1.10 bits per heavy atom. The molecule has 1 aliphatic heterocycles. The van der Waals surface area contributed by atoms with Crippen LogP contribution < -0.4 is 5.32 Å². The summed E-state index contributed by atoms with van der Waals surface area (Å²) in [4.78, 5) is 37.1. The lowest BCUT2D eigenvalue weighted by atomic mass is 9.73. The van der Waals surface area contributed by atoms with E-state index in [-0.39, 0.29) is 5.57 Å². The number of rotatable bonds is 4. The molecule has 0 radical (unpaired) electrons. The van der Waals surface area contributed by atoms with Gasteiger partial charge in [0.25, 0.3) is 5.91 Å². The van der Waals surface area contributed by atoms with Crippen LogP contribution in [0.1, 0.15) is 37.8 Å². The van der Waals surface area contributed by atoms with Crippen LogP contribution in [0.15, 0.2) is 42.1 Å². The van der Waals surface area contributed by atoms with Crippen molar-refractivity contribution in [2.24, 2.45) is 0 Å². The topological polar surface area (TPSA) is 109 Å². The van der Waals surface area contributed by atoms with Gasteiger partial charge in [-0.15, -0.1) is 0 Å². The summed E-state index contributed by atoms with van der Waals surface area (Å²) in [6.07, 6.45) is 5.53. The third kappa shape index (κ3) is 3.19. The predicted molar refractivity (Wildman–Crippen MR) is 111 cm³/mol. The van der Waals surface area contributed by atoms with Crippen molar-refractivity contribution in [2.45, 2.75) is 37.6 Å². The Morgan fingerprint density at radius 2 is 1.77 bits per heavy atom. The zero-order chi connectivity index (χ0) is 21.5. The van der Waals surface area contributed by atoms with Gasteiger partial charge in [-0.05, 0) is 36.6 Å². The predicted octanol–water partition coefficient (Wildman–Crippen LogP) is 3.52. The molecule has 0 unspecified atom stereocenters. The van der Waals surface area contributed by atoms with E-state index in [0.29, 0.717) is 29.1 Å². The Hall–Kier alpha value is -3.06. The number of fused-ring (bicyclic) bond motifs is 2. The zero-order valence-electron chi connectivity index (χ0n) is 16.2. The van der Waals surface area contributed by atoms with Gasteiger partial charge in [0.15, 0.2) is 11.5 Å². The molecule has 30 heavy (non-hydrogen) atoms. The number of nitrogens with one attached hydrogen (secondary N) is 1. The van der Waals surface area contributed by atoms with Crippen LogP contribution in [0.5, 0.6) is 0 Å². The number of hydrogen-bond donors (Lipinski definition) is 3. The number of aliphatic hydroxyl groups is 1. The van der Waals surface area contributed by atoms with Crippen molar-refractivity contribution in [3.8, 4) is 11.1 Å². The van der Waals surface area contributed by atoms with Gasteiger partial charge in [0.05, 0.1) is 5.69 Å². The number of carbonyl (C=O) groups is 3. The molecule has 1 saturated carbocycles. The molecule has 0 atom stereocenters. The third-order valence-electron chi connectivity index (χ3n) is 5.92. The van der Waals surface area contributed by atoms with E-state index in [2.05, 4.69) is 5.32 Å². The van der Waals surface area contributed by atoms with Gasteiger partial charge in [-0.3, -0.25) is 14.4 Å². The molecule has 156 valence electrons. The molecule has 1 amide bonds. The van der Waals surface area contributed by atoms with E-state index < -0.39 is 35.5 Å². The summed E-state index contributed by atoms with van der Waals surface area (Å²) >= 11 is 6.00. The van der Waals surface area contributed by atoms with Crippen molar-refractivity contribution < 1.29 is 24.6 Å². The maximum Gasteiger partial charge on any atom is 0.322 e. The first-order chi connectivity index (χ1) is 14.3. The molecule has 1 aromatic carbocycles. The second kappa shape index (κ2) is 7.65. The van der Waals surface area contributed by atoms with Gasteiger partial charge in [0.1, 0.15) is 17.7 Å². The van der Waals surface area contributed by atoms with Crippen LogP contribution in [0, 0.1) is 0 Å². The molecular weight excluding hydrogens is 408 g/mol. The summed E-state index contributed by atoms with van der Waals surface area (Å²) in [7, 11) is 0. The van der Waals surface area contributed by atoms with Crippen LogP contribution in [0.25, 0.3) is 16.9 Å². The minimum absolute atomic E-state index is 0.375. The SMILES string of the molecule is O=C(O)CNC(=O)C1=C(O)c2c(-c3ccc(Cl)cc3)ccn2C2(CCCCC2)C1=O. The van der Waals surface area contributed by atoms with Gasteiger partial charge < -0.3 is 20.1 Å². The van der Waals surface area contributed by atoms with E-state index in [0.717, 1.165) is 24.8 Å². The van der Waals surface area contributed by atoms with E-state index in [1.54, 1.807) is 35.0 Å². The lowest BCUT2D eigenvalue weighted by molar-refractivity contribution is -0.138. The van der Waals surface area contributed by atoms with E-state index in [1.165, 1.54) is 0 Å². The van der Waals surface area contributed by atoms with Gasteiger partial charge in [0, 0.05) is 16.8 Å². The monoisotopic (exact) mass is 428 g/mol. The van der Waals surface area contributed by atoms with Crippen molar-refractivity contribution in [1.82, 2.24) is 9.88 Å². The molecule has 2 aromatic rings. The van der Waals surface area contributed by atoms with Crippen molar-refractivity contribution in [1.29, 1.82) is 0 Å². The number of hydrogen-bond acceptors (Lipinski definition) is 4. The fraction of sp³-hybridized carbons (Fsp3) is 0.318. The van der Waals surface area contributed by atoms with E-state index in [4.69, 9.17) is 16.7 Å². The van der Waals surface area contributed by atoms with Crippen LogP contribution in [0.4, 0.5) is 0 Å². The summed E-state index contributed by atoms with van der Waals surface area (Å²) < 4.78 is 1.79. The van der Waals surface area contributed by atoms with E-state index in [1.807, 2.05) is 6.07 Å². The number of aromatic nitrogens is 1. The summed E-state index contributed by atoms with van der Waals surface area (Å²) in [5, 5.41) is 22.7. The lowest BCUT2D eigenvalue weighted by Crippen LogP contribution is -2.50. The van der Waals surface area contributed by atoms with Crippen molar-refractivity contribution >= 4 is 35.0 Å². The molecule has 8 heteroatoms. The molecule has 2 aliphatic rings. The van der Waals surface area contributed by atoms with Crippen LogP contribution in [0.3, 0.4) is 0 Å². The first-order valence-corrected chi connectivity index (χ1v) is 10.2. The summed E-state index contributed by atoms with van der Waals surface area (Å²) in [5.74, 6) is -3.01. The van der Waals surface area contributed by atoms with Crippen molar-refractivity contribution in [3.63, 3.8) is 0 Å². The van der Waals surface area contributed by atoms with Crippen LogP contribution >= 0.6 is 11.6 Å². The van der Waals surface area contributed by atoms with Gasteiger partial charge >= 0.3 is 5.97 Å². The molecule has 4 rings (SSSR count). The third-order valence-corrected chi connectivity index (χ3v) is 6.17. The van der Waals surface area contributed by atoms with Gasteiger partial charge in [-0.25, -0.2) is 0 Å². The summed E-state index contributed by atoms with van der Waals surface area (Å²) in [6.45, 7) is -0.638. The average Bonchev–Trinajstić information content (AvgIpc) is 3.18. The number of carboxylic acid groups (broad SMARTS) is 1. The second-order valence-corrected chi connectivity index (χ2v) is 8.11. The Morgan fingerprint density at radius 3 is 2.40 bits per heavy atom. The minimum Gasteiger partial charge on any atom is -0.505 e. The molecule has 0 bridgehead atoms. The number of carbonyl (C=O) groups excluding carboxylic acids is 2. The first-order valence-electron chi connectivity index (χ1n) is 9.81. The zero-order valence-corrected chi connectivity index (χ0v) is 16.9. The quantitative estimate of drug-likeness (QED) is 0.645. The minimum atomic E-state index is -1.23. The van der Waals surface area contributed by atoms with Gasteiger partial charge in [-0.1, -0.05) is 43.0 Å². The lowest BCUT2D eigenvalue weighted by Gasteiger charge is -2.41. The van der Waals surface area contributed by atoms with E-state index >= 15 is 0 Å². The van der Waals surface area contributed by atoms with Crippen molar-refractivity contribution in [3.05, 3.63) is 52.8 Å². The molecule has 7 nitrogen and oxygen atoms in total. The standard InChI is InChI=1S/C22H21ClN2O5/c23-14-6-4-13(5-7-14)15-8-11-25-18(15)19(28)17(21(30)24-12-16(26)27)20(29)22(25)9-2-1-3-10-22/h4-8,11,28H,1-3,9-10,12H2,(H,24,30)(H,26,27). The fourth-order valence-electron chi connectivity index (χ4n) is 4.52. The normalized spacial score (nSPS) is 17.7. The number of Topliss-reactive ketones (excluding diaryl/α,β-unsaturated/α-hetero) is 1. The highest BCUT2D eigenvalue weighted by Gasteiger charge is 2.50. The number of aliphatic hydroxyl groups excluding tert-OH is 1.